The van der Waals surface area contributed by atoms with Gasteiger partial charge >= 0.3 is 0 Å². The lowest BCUT2D eigenvalue weighted by Crippen LogP contribution is -2.38. The highest BCUT2D eigenvalue weighted by atomic mass is 16.5. The summed E-state index contributed by atoms with van der Waals surface area (Å²) < 4.78 is 10.9. The summed E-state index contributed by atoms with van der Waals surface area (Å²) in [5, 5.41) is 3.06. The number of benzene rings is 2. The minimum atomic E-state index is -0.586. The van der Waals surface area contributed by atoms with E-state index in [0.717, 1.165) is 12.0 Å². The number of hydrogen-bond donors (Lipinski definition) is 1. The van der Waals surface area contributed by atoms with Crippen LogP contribution in [0, 0.1) is 6.92 Å². The van der Waals surface area contributed by atoms with Crippen molar-refractivity contribution in [1.82, 2.24) is 5.32 Å². The highest BCUT2D eigenvalue weighted by Gasteiger charge is 2.19. The molecule has 0 heterocycles. The summed E-state index contributed by atoms with van der Waals surface area (Å²) in [4.78, 5) is 12.4. The number of ether oxygens (including phenoxy) is 2. The van der Waals surface area contributed by atoms with E-state index in [9.17, 15) is 4.79 Å². The maximum absolute atomic E-state index is 12.4. The Balaban J connectivity index is 2.00. The summed E-state index contributed by atoms with van der Waals surface area (Å²) in [6.07, 6.45) is 0.234. The maximum atomic E-state index is 12.4. The summed E-state index contributed by atoms with van der Waals surface area (Å²) in [7, 11) is 1.60. The molecule has 0 spiro atoms. The van der Waals surface area contributed by atoms with E-state index in [-0.39, 0.29) is 11.9 Å². The van der Waals surface area contributed by atoms with Gasteiger partial charge in [0.15, 0.2) is 6.10 Å². The van der Waals surface area contributed by atoms with Gasteiger partial charge in [0.25, 0.3) is 5.91 Å². The molecule has 0 bridgehead atoms. The molecule has 0 saturated heterocycles. The van der Waals surface area contributed by atoms with E-state index in [1.54, 1.807) is 20.1 Å². The van der Waals surface area contributed by atoms with Crippen LogP contribution in [0.1, 0.15) is 37.4 Å². The van der Waals surface area contributed by atoms with E-state index in [1.807, 2.05) is 25.1 Å². The Morgan fingerprint density at radius 1 is 1.12 bits per heavy atom. The number of hydrogen-bond acceptors (Lipinski definition) is 3. The molecule has 2 aromatic carbocycles. The molecule has 128 valence electrons. The zero-order valence-corrected chi connectivity index (χ0v) is 14.7. The first kappa shape index (κ1) is 17.9. The van der Waals surface area contributed by atoms with Crippen LogP contribution in [0.5, 0.6) is 11.5 Å². The molecule has 24 heavy (non-hydrogen) atoms. The molecule has 0 fully saturated rings. The first-order valence-electron chi connectivity index (χ1n) is 8.21. The predicted molar refractivity (Wildman–Crippen MR) is 95.4 cm³/mol. The lowest BCUT2D eigenvalue weighted by atomic mass is 10.0. The Morgan fingerprint density at radius 3 is 2.42 bits per heavy atom. The summed E-state index contributed by atoms with van der Waals surface area (Å²) in [6, 6.07) is 15.4. The van der Waals surface area contributed by atoms with Gasteiger partial charge in [-0.15, -0.1) is 0 Å². The summed E-state index contributed by atoms with van der Waals surface area (Å²) in [5.41, 5.74) is 2.31. The van der Waals surface area contributed by atoms with Crippen LogP contribution in [0.15, 0.2) is 48.5 Å². The number of rotatable bonds is 7. The van der Waals surface area contributed by atoms with Crippen LogP contribution in [0.25, 0.3) is 0 Å². The lowest BCUT2D eigenvalue weighted by Gasteiger charge is -2.21. The minimum Gasteiger partial charge on any atom is -0.497 e. The van der Waals surface area contributed by atoms with Gasteiger partial charge in [0, 0.05) is 6.07 Å². The molecule has 1 amide bonds. The average molecular weight is 327 g/mol. The molecule has 0 unspecified atom stereocenters. The molecule has 0 aliphatic heterocycles. The van der Waals surface area contributed by atoms with E-state index in [2.05, 4.69) is 36.5 Å². The first-order valence-corrected chi connectivity index (χ1v) is 8.21. The van der Waals surface area contributed by atoms with Crippen molar-refractivity contribution in [3.8, 4) is 11.5 Å². The number of nitrogens with one attached hydrogen (secondary N) is 1. The molecule has 4 heteroatoms. The van der Waals surface area contributed by atoms with Gasteiger partial charge in [0.2, 0.25) is 0 Å². The smallest absolute Gasteiger partial charge is 0.261 e. The van der Waals surface area contributed by atoms with Gasteiger partial charge in [-0.3, -0.25) is 4.79 Å². The Bertz CT molecular complexity index is 667. The monoisotopic (exact) mass is 327 g/mol. The highest BCUT2D eigenvalue weighted by Crippen LogP contribution is 2.21. The van der Waals surface area contributed by atoms with Crippen LogP contribution in [0.2, 0.25) is 0 Å². The number of methoxy groups -OCH3 is 1. The van der Waals surface area contributed by atoms with Gasteiger partial charge in [0.05, 0.1) is 13.2 Å². The third-order valence-electron chi connectivity index (χ3n) is 3.93. The zero-order valence-electron chi connectivity index (χ0n) is 14.7. The molecule has 0 aromatic heterocycles. The van der Waals surface area contributed by atoms with Crippen LogP contribution in [0.3, 0.4) is 0 Å². The van der Waals surface area contributed by atoms with Crippen LogP contribution >= 0.6 is 0 Å². The van der Waals surface area contributed by atoms with Gasteiger partial charge in [-0.05, 0) is 38.0 Å². The van der Waals surface area contributed by atoms with E-state index < -0.39 is 6.10 Å². The second-order valence-electron chi connectivity index (χ2n) is 5.82. The fourth-order valence-corrected chi connectivity index (χ4v) is 2.44. The first-order chi connectivity index (χ1) is 11.5. The van der Waals surface area contributed by atoms with Gasteiger partial charge in [-0.25, -0.2) is 0 Å². The van der Waals surface area contributed by atoms with Gasteiger partial charge in [-0.1, -0.05) is 42.8 Å². The van der Waals surface area contributed by atoms with Crippen molar-refractivity contribution in [3.05, 3.63) is 59.7 Å². The van der Waals surface area contributed by atoms with Crippen molar-refractivity contribution in [1.29, 1.82) is 0 Å². The standard InChI is InChI=1S/C20H25NO3/c1-5-19(16-11-9-14(2)10-12-16)21-20(22)15(3)24-18-8-6-7-17(13-18)23-4/h6-13,15,19H,5H2,1-4H3,(H,21,22)/t15-,19-/m0/s1. The second-order valence-corrected chi connectivity index (χ2v) is 5.82. The topological polar surface area (TPSA) is 47.6 Å². The highest BCUT2D eigenvalue weighted by molar-refractivity contribution is 5.81. The van der Waals surface area contributed by atoms with E-state index in [0.29, 0.717) is 11.5 Å². The molecule has 2 atom stereocenters. The number of aryl methyl sites for hydroxylation is 1. The largest absolute Gasteiger partial charge is 0.497 e. The Hall–Kier alpha value is -2.49. The fourth-order valence-electron chi connectivity index (χ4n) is 2.44. The molecule has 0 aliphatic carbocycles. The number of carbonyl (C=O) groups excluding carboxylic acids is 1. The van der Waals surface area contributed by atoms with E-state index >= 15 is 0 Å². The maximum Gasteiger partial charge on any atom is 0.261 e. The van der Waals surface area contributed by atoms with Crippen LogP contribution in [-0.2, 0) is 4.79 Å². The van der Waals surface area contributed by atoms with Crippen molar-refractivity contribution in [2.24, 2.45) is 0 Å². The lowest BCUT2D eigenvalue weighted by molar-refractivity contribution is -0.128. The minimum absolute atomic E-state index is 0.0190. The number of amides is 1. The van der Waals surface area contributed by atoms with Crippen molar-refractivity contribution in [2.75, 3.05) is 7.11 Å². The van der Waals surface area contributed by atoms with E-state index in [4.69, 9.17) is 9.47 Å². The van der Waals surface area contributed by atoms with Crippen LogP contribution in [-0.4, -0.2) is 19.1 Å². The predicted octanol–water partition coefficient (Wildman–Crippen LogP) is 4.04. The SMILES string of the molecule is CC[C@H](NC(=O)[C@H](C)Oc1cccc(OC)c1)c1ccc(C)cc1. The molecule has 0 saturated carbocycles. The fraction of sp³-hybridized carbons (Fsp3) is 0.350. The molecule has 2 aromatic rings. The summed E-state index contributed by atoms with van der Waals surface area (Å²) >= 11 is 0. The summed E-state index contributed by atoms with van der Waals surface area (Å²) in [5.74, 6) is 1.18. The molecule has 0 aliphatic rings. The normalized spacial score (nSPS) is 13.0. The molecular weight excluding hydrogens is 302 g/mol. The van der Waals surface area contributed by atoms with Gasteiger partial charge in [-0.2, -0.15) is 0 Å². The van der Waals surface area contributed by atoms with Crippen molar-refractivity contribution in [2.45, 2.75) is 39.3 Å². The Kier molecular flexibility index (Phi) is 6.24. The van der Waals surface area contributed by atoms with Gasteiger partial charge in [0.1, 0.15) is 11.5 Å². The van der Waals surface area contributed by atoms with E-state index in [1.165, 1.54) is 5.56 Å². The molecule has 4 nitrogen and oxygen atoms in total. The quantitative estimate of drug-likeness (QED) is 0.835. The molecule has 2 rings (SSSR count). The molecule has 1 N–H and O–H groups in total. The van der Waals surface area contributed by atoms with Crippen LogP contribution in [0.4, 0.5) is 0 Å². The molecular formula is C20H25NO3. The second kappa shape index (κ2) is 8.39. The molecule has 0 radical (unpaired) electrons. The summed E-state index contributed by atoms with van der Waals surface area (Å²) in [6.45, 7) is 5.85. The van der Waals surface area contributed by atoms with Crippen molar-refractivity contribution in [3.63, 3.8) is 0 Å². The van der Waals surface area contributed by atoms with Crippen molar-refractivity contribution >= 4 is 5.91 Å². The Morgan fingerprint density at radius 2 is 1.79 bits per heavy atom. The number of carbonyl (C=O) groups is 1. The third kappa shape index (κ3) is 4.75. The Labute approximate surface area is 143 Å². The average Bonchev–Trinajstić information content (AvgIpc) is 2.60. The van der Waals surface area contributed by atoms with Crippen LogP contribution < -0.4 is 14.8 Å². The van der Waals surface area contributed by atoms with Crippen molar-refractivity contribution < 1.29 is 14.3 Å². The zero-order chi connectivity index (χ0) is 17.5. The third-order valence-corrected chi connectivity index (χ3v) is 3.93. The van der Waals surface area contributed by atoms with Gasteiger partial charge < -0.3 is 14.8 Å².